The SMILES string of the molecule is CCOc1ccccc1C(=O)C1=NC=C(Cl)C(C)C1N(COC)S(=O)(=O)C1=CC(C)(C(F)(F)F)C(Cl)C=C1. The van der Waals surface area contributed by atoms with Crippen molar-refractivity contribution in [2.24, 2.45) is 16.3 Å². The number of rotatable bonds is 9. The summed E-state index contributed by atoms with van der Waals surface area (Å²) in [4.78, 5) is 17.2. The van der Waals surface area contributed by atoms with Crippen molar-refractivity contribution in [2.75, 3.05) is 20.4 Å². The molecule has 0 aromatic heterocycles. The molecule has 4 atom stereocenters. The number of hydrogen-bond acceptors (Lipinski definition) is 6. The molecule has 0 amide bonds. The van der Waals surface area contributed by atoms with Gasteiger partial charge in [-0.15, -0.1) is 11.6 Å². The van der Waals surface area contributed by atoms with Crippen LogP contribution in [0.1, 0.15) is 31.1 Å². The van der Waals surface area contributed by atoms with Crippen LogP contribution in [-0.4, -0.2) is 62.3 Å². The first-order valence-electron chi connectivity index (χ1n) is 11.5. The maximum absolute atomic E-state index is 13.9. The number of carbonyl (C=O) groups is 1. The molecule has 38 heavy (non-hydrogen) atoms. The summed E-state index contributed by atoms with van der Waals surface area (Å²) >= 11 is 12.3. The highest BCUT2D eigenvalue weighted by Gasteiger charge is 2.56. The largest absolute Gasteiger partial charge is 0.493 e. The number of ketones is 1. The number of Topliss-reactive ketones (excluding diaryl/α,β-unsaturated/α-hetero) is 1. The molecule has 3 rings (SSSR count). The Morgan fingerprint density at radius 2 is 1.92 bits per heavy atom. The maximum Gasteiger partial charge on any atom is 0.399 e. The number of nitrogens with zero attached hydrogens (tertiary/aromatic N) is 2. The van der Waals surface area contributed by atoms with Gasteiger partial charge in [0.1, 0.15) is 23.6 Å². The number of allylic oxidation sites excluding steroid dienone is 3. The van der Waals surface area contributed by atoms with E-state index in [0.717, 1.165) is 23.4 Å². The minimum absolute atomic E-state index is 0.137. The van der Waals surface area contributed by atoms with E-state index in [1.165, 1.54) is 19.4 Å². The topological polar surface area (TPSA) is 85.3 Å². The van der Waals surface area contributed by atoms with Crippen molar-refractivity contribution in [1.82, 2.24) is 4.31 Å². The highest BCUT2D eigenvalue weighted by molar-refractivity contribution is 7.93. The van der Waals surface area contributed by atoms with E-state index in [9.17, 15) is 26.4 Å². The van der Waals surface area contributed by atoms with Gasteiger partial charge in [-0.2, -0.15) is 17.5 Å². The maximum atomic E-state index is 13.9. The lowest BCUT2D eigenvalue weighted by atomic mass is 9.82. The quantitative estimate of drug-likeness (QED) is 0.209. The summed E-state index contributed by atoms with van der Waals surface area (Å²) in [5.74, 6) is -1.15. The van der Waals surface area contributed by atoms with E-state index in [1.807, 2.05) is 0 Å². The van der Waals surface area contributed by atoms with E-state index in [4.69, 9.17) is 32.7 Å². The molecule has 208 valence electrons. The fourth-order valence-electron chi connectivity index (χ4n) is 4.13. The van der Waals surface area contributed by atoms with Crippen LogP contribution in [0.15, 0.2) is 63.6 Å². The molecule has 1 aromatic rings. The Labute approximate surface area is 229 Å². The van der Waals surface area contributed by atoms with E-state index < -0.39 is 56.4 Å². The van der Waals surface area contributed by atoms with Crippen molar-refractivity contribution in [1.29, 1.82) is 0 Å². The number of carbonyl (C=O) groups excluding carboxylic acids is 1. The van der Waals surface area contributed by atoms with Gasteiger partial charge in [-0.05, 0) is 38.1 Å². The number of sulfonamides is 1. The van der Waals surface area contributed by atoms with Gasteiger partial charge >= 0.3 is 6.18 Å². The normalized spacial score (nSPS) is 26.1. The first-order valence-corrected chi connectivity index (χ1v) is 13.8. The number of hydrogen-bond donors (Lipinski definition) is 0. The second-order valence-electron chi connectivity index (χ2n) is 8.92. The zero-order valence-corrected chi connectivity index (χ0v) is 23.3. The van der Waals surface area contributed by atoms with Crippen LogP contribution in [0.5, 0.6) is 5.75 Å². The molecule has 0 saturated heterocycles. The molecule has 0 N–H and O–H groups in total. The number of halogens is 5. The Bertz CT molecular complexity index is 1310. The van der Waals surface area contributed by atoms with Crippen LogP contribution in [0.3, 0.4) is 0 Å². The van der Waals surface area contributed by atoms with Gasteiger partial charge in [0.2, 0.25) is 15.8 Å². The number of methoxy groups -OCH3 is 1. The van der Waals surface area contributed by atoms with Crippen LogP contribution >= 0.6 is 23.2 Å². The van der Waals surface area contributed by atoms with Crippen molar-refractivity contribution in [2.45, 2.75) is 38.4 Å². The fourth-order valence-corrected chi connectivity index (χ4v) is 6.30. The highest BCUT2D eigenvalue weighted by atomic mass is 35.5. The van der Waals surface area contributed by atoms with Crippen molar-refractivity contribution >= 4 is 44.7 Å². The molecule has 1 aromatic carbocycles. The standard InChI is InChI=1S/C25H27Cl2F3N2O5S/c1-5-37-19-9-7-6-8-17(19)23(33)21-22(15(2)18(26)13-31-21)32(14-36-4)38(34,35)16-10-11-20(27)24(3,12-16)25(28,29)30/h6-13,15,20,22H,5,14H2,1-4H3. The molecule has 4 unspecified atom stereocenters. The molecule has 0 fully saturated rings. The van der Waals surface area contributed by atoms with Crippen LogP contribution < -0.4 is 4.74 Å². The van der Waals surface area contributed by atoms with Gasteiger partial charge in [-0.25, -0.2) is 8.42 Å². The molecule has 2 aliphatic rings. The monoisotopic (exact) mass is 594 g/mol. The molecule has 7 nitrogen and oxygen atoms in total. The lowest BCUT2D eigenvalue weighted by Crippen LogP contribution is -2.53. The first kappa shape index (κ1) is 30.4. The van der Waals surface area contributed by atoms with Crippen LogP contribution in [0.4, 0.5) is 13.2 Å². The van der Waals surface area contributed by atoms with Crippen molar-refractivity contribution in [3.05, 3.63) is 64.2 Å². The number of benzene rings is 1. The van der Waals surface area contributed by atoms with Gasteiger partial charge in [0.05, 0.1) is 28.5 Å². The third-order valence-electron chi connectivity index (χ3n) is 6.41. The van der Waals surface area contributed by atoms with Crippen molar-refractivity contribution < 1.29 is 35.9 Å². The minimum atomic E-state index is -4.84. The summed E-state index contributed by atoms with van der Waals surface area (Å²) in [5.41, 5.74) is -2.72. The first-order chi connectivity index (χ1) is 17.7. The Morgan fingerprint density at radius 1 is 1.26 bits per heavy atom. The lowest BCUT2D eigenvalue weighted by Gasteiger charge is -2.38. The van der Waals surface area contributed by atoms with Crippen molar-refractivity contribution in [3.63, 3.8) is 0 Å². The van der Waals surface area contributed by atoms with Crippen LogP contribution in [0.25, 0.3) is 0 Å². The highest BCUT2D eigenvalue weighted by Crippen LogP contribution is 2.48. The number of alkyl halides is 4. The zero-order chi connectivity index (χ0) is 28.5. The minimum Gasteiger partial charge on any atom is -0.493 e. The smallest absolute Gasteiger partial charge is 0.399 e. The Morgan fingerprint density at radius 3 is 2.53 bits per heavy atom. The van der Waals surface area contributed by atoms with Crippen LogP contribution in [0, 0.1) is 11.3 Å². The third-order valence-corrected chi connectivity index (χ3v) is 9.25. The lowest BCUT2D eigenvalue weighted by molar-refractivity contribution is -0.197. The average Bonchev–Trinajstić information content (AvgIpc) is 2.85. The molecule has 13 heteroatoms. The Balaban J connectivity index is 2.16. The van der Waals surface area contributed by atoms with Gasteiger partial charge in [-0.1, -0.05) is 36.7 Å². The third kappa shape index (κ3) is 5.58. The molecule has 0 saturated carbocycles. The van der Waals surface area contributed by atoms with Gasteiger partial charge in [0.15, 0.2) is 0 Å². The fraction of sp³-hybridized carbons (Fsp3) is 0.440. The molecular formula is C25H27Cl2F3N2O5S. The summed E-state index contributed by atoms with van der Waals surface area (Å²) < 4.78 is 81.0. The van der Waals surface area contributed by atoms with E-state index >= 15 is 0 Å². The van der Waals surface area contributed by atoms with Gasteiger partial charge in [0.25, 0.3) is 0 Å². The second kappa shape index (κ2) is 11.5. The molecule has 0 radical (unpaired) electrons. The zero-order valence-electron chi connectivity index (χ0n) is 21.0. The molecule has 0 bridgehead atoms. The van der Waals surface area contributed by atoms with Crippen LogP contribution in [-0.2, 0) is 14.8 Å². The predicted molar refractivity (Wildman–Crippen MR) is 140 cm³/mol. The summed E-state index contributed by atoms with van der Waals surface area (Å²) in [6.45, 7) is 3.81. The van der Waals surface area contributed by atoms with E-state index in [-0.39, 0.29) is 28.7 Å². The van der Waals surface area contributed by atoms with Gasteiger partial charge in [-0.3, -0.25) is 9.79 Å². The Hall–Kier alpha value is -2.18. The average molecular weight is 595 g/mol. The summed E-state index contributed by atoms with van der Waals surface area (Å²) in [6, 6.07) is 5.08. The molecule has 1 heterocycles. The summed E-state index contributed by atoms with van der Waals surface area (Å²) in [6.07, 6.45) is -1.03. The molecular weight excluding hydrogens is 568 g/mol. The van der Waals surface area contributed by atoms with Gasteiger partial charge in [0, 0.05) is 24.3 Å². The van der Waals surface area contributed by atoms with Gasteiger partial charge < -0.3 is 9.47 Å². The molecule has 0 spiro atoms. The molecule has 1 aliphatic heterocycles. The number of aliphatic imine (C=N–C) groups is 1. The number of ether oxygens (including phenoxy) is 2. The Kier molecular flexibility index (Phi) is 9.20. The molecule has 1 aliphatic carbocycles. The second-order valence-corrected chi connectivity index (χ2v) is 11.7. The van der Waals surface area contributed by atoms with Crippen molar-refractivity contribution in [3.8, 4) is 5.75 Å². The predicted octanol–water partition coefficient (Wildman–Crippen LogP) is 5.67. The summed E-state index contributed by atoms with van der Waals surface area (Å²) in [7, 11) is -3.47. The van der Waals surface area contributed by atoms with Crippen LogP contribution in [0.2, 0.25) is 0 Å². The van der Waals surface area contributed by atoms with E-state index in [2.05, 4.69) is 4.99 Å². The van der Waals surface area contributed by atoms with E-state index in [1.54, 1.807) is 32.0 Å². The number of para-hydroxylation sites is 1. The van der Waals surface area contributed by atoms with E-state index in [0.29, 0.717) is 6.08 Å². The summed E-state index contributed by atoms with van der Waals surface area (Å²) in [5, 5.41) is -1.38.